The van der Waals surface area contributed by atoms with Crippen LogP contribution in [0, 0.1) is 26.7 Å². The molecule has 0 spiro atoms. The molecule has 1 saturated heterocycles. The van der Waals surface area contributed by atoms with Crippen molar-refractivity contribution < 1.29 is 4.79 Å². The maximum Gasteiger partial charge on any atom is 0.252 e. The van der Waals surface area contributed by atoms with E-state index in [1.54, 1.807) is 4.52 Å². The summed E-state index contributed by atoms with van der Waals surface area (Å²) in [7, 11) is 0. The van der Waals surface area contributed by atoms with E-state index in [1.165, 1.54) is 17.6 Å². The predicted molar refractivity (Wildman–Crippen MR) is 118 cm³/mol. The van der Waals surface area contributed by atoms with Crippen LogP contribution in [-0.2, 0) is 11.2 Å². The maximum absolute atomic E-state index is 12.5. The molecule has 1 atom stereocenters. The van der Waals surface area contributed by atoms with Crippen LogP contribution in [0.1, 0.15) is 35.4 Å². The van der Waals surface area contributed by atoms with Crippen LogP contribution in [0.2, 0.25) is 5.02 Å². The van der Waals surface area contributed by atoms with E-state index in [1.807, 2.05) is 26.0 Å². The number of aryl methyl sites for hydroxylation is 3. The van der Waals surface area contributed by atoms with Gasteiger partial charge >= 0.3 is 0 Å². The second-order valence-corrected chi connectivity index (χ2v) is 8.51. The lowest BCUT2D eigenvalue weighted by Gasteiger charge is -2.21. The highest BCUT2D eigenvalue weighted by Gasteiger charge is 2.24. The van der Waals surface area contributed by atoms with Crippen molar-refractivity contribution in [2.24, 2.45) is 5.92 Å². The minimum atomic E-state index is 0.0740. The van der Waals surface area contributed by atoms with Crippen LogP contribution >= 0.6 is 11.6 Å². The van der Waals surface area contributed by atoms with Gasteiger partial charge in [-0.2, -0.15) is 10.1 Å². The highest BCUT2D eigenvalue weighted by molar-refractivity contribution is 6.30. The Bertz CT molecular complexity index is 1080. The number of hydrogen-bond acceptors (Lipinski definition) is 5. The number of carbonyl (C=O) groups is 1. The summed E-state index contributed by atoms with van der Waals surface area (Å²) >= 11 is 6.17. The Morgan fingerprint density at radius 1 is 1.30 bits per heavy atom. The molecule has 158 valence electrons. The molecule has 7 nitrogen and oxygen atoms in total. The van der Waals surface area contributed by atoms with Crippen molar-refractivity contribution in [1.29, 1.82) is 0 Å². The van der Waals surface area contributed by atoms with E-state index in [9.17, 15) is 4.79 Å². The topological polar surface area (TPSA) is 75.4 Å². The molecule has 3 heterocycles. The van der Waals surface area contributed by atoms with Crippen molar-refractivity contribution in [2.45, 2.75) is 40.0 Å². The zero-order valence-electron chi connectivity index (χ0n) is 17.7. The van der Waals surface area contributed by atoms with Crippen LogP contribution in [0.15, 0.2) is 24.5 Å². The summed E-state index contributed by atoms with van der Waals surface area (Å²) in [5.41, 5.74) is 5.38. The van der Waals surface area contributed by atoms with E-state index in [4.69, 9.17) is 11.6 Å². The third-order valence-corrected chi connectivity index (χ3v) is 6.21. The predicted octanol–water partition coefficient (Wildman–Crippen LogP) is 3.28. The van der Waals surface area contributed by atoms with Gasteiger partial charge in [-0.25, -0.2) is 9.50 Å². The summed E-state index contributed by atoms with van der Waals surface area (Å²) in [6.45, 7) is 8.69. The fourth-order valence-electron chi connectivity index (χ4n) is 4.24. The van der Waals surface area contributed by atoms with Gasteiger partial charge < -0.3 is 10.2 Å². The van der Waals surface area contributed by atoms with E-state index in [0.29, 0.717) is 31.1 Å². The standard InChI is InChI=1S/C22H27ClN6O/c1-14-4-5-18(23)10-20(14)28-9-8-17(12-28)11-24-21(30)7-6-19-15(2)27-22-25-13-26-29(22)16(19)3/h4-5,10,13,17H,6-9,11-12H2,1-3H3,(H,24,30). The molecular weight excluding hydrogens is 400 g/mol. The Balaban J connectivity index is 1.29. The van der Waals surface area contributed by atoms with Gasteiger partial charge in [-0.1, -0.05) is 17.7 Å². The first kappa shape index (κ1) is 20.6. The third kappa shape index (κ3) is 4.26. The smallest absolute Gasteiger partial charge is 0.252 e. The van der Waals surface area contributed by atoms with Crippen LogP contribution in [0.3, 0.4) is 0 Å². The summed E-state index contributed by atoms with van der Waals surface area (Å²) in [6, 6.07) is 6.01. The molecule has 8 heteroatoms. The van der Waals surface area contributed by atoms with Crippen molar-refractivity contribution in [3.8, 4) is 0 Å². The van der Waals surface area contributed by atoms with Crippen LogP contribution in [-0.4, -0.2) is 45.1 Å². The van der Waals surface area contributed by atoms with Crippen LogP contribution in [0.25, 0.3) is 5.78 Å². The molecular formula is C22H27ClN6O. The monoisotopic (exact) mass is 426 g/mol. The minimum absolute atomic E-state index is 0.0740. The van der Waals surface area contributed by atoms with Crippen molar-refractivity contribution in [3.05, 3.63) is 52.1 Å². The normalized spacial score (nSPS) is 16.4. The van der Waals surface area contributed by atoms with Gasteiger partial charge in [-0.05, 0) is 62.8 Å². The van der Waals surface area contributed by atoms with Crippen LogP contribution < -0.4 is 10.2 Å². The molecule has 30 heavy (non-hydrogen) atoms. The number of carbonyl (C=O) groups excluding carboxylic acids is 1. The van der Waals surface area contributed by atoms with Gasteiger partial charge in [0.15, 0.2) is 0 Å². The lowest BCUT2D eigenvalue weighted by molar-refractivity contribution is -0.121. The van der Waals surface area contributed by atoms with Gasteiger partial charge in [0.2, 0.25) is 5.91 Å². The number of aromatic nitrogens is 4. The molecule has 3 aromatic rings. The quantitative estimate of drug-likeness (QED) is 0.654. The van der Waals surface area contributed by atoms with Crippen LogP contribution in [0.4, 0.5) is 5.69 Å². The van der Waals surface area contributed by atoms with Crippen molar-refractivity contribution in [3.63, 3.8) is 0 Å². The SMILES string of the molecule is Cc1ccc(Cl)cc1N1CCC(CNC(=O)CCc2c(C)nc3ncnn3c2C)C1. The molecule has 1 aromatic carbocycles. The maximum atomic E-state index is 12.5. The lowest BCUT2D eigenvalue weighted by atomic mass is 10.1. The second-order valence-electron chi connectivity index (χ2n) is 8.07. The first-order valence-corrected chi connectivity index (χ1v) is 10.7. The number of rotatable bonds is 6. The number of hydrogen-bond donors (Lipinski definition) is 1. The summed E-state index contributed by atoms with van der Waals surface area (Å²) in [5, 5.41) is 8.09. The molecule has 1 aliphatic heterocycles. The Morgan fingerprint density at radius 2 is 2.13 bits per heavy atom. The first-order valence-electron chi connectivity index (χ1n) is 10.4. The molecule has 1 fully saturated rings. The molecule has 1 unspecified atom stereocenters. The number of nitrogens with one attached hydrogen (secondary N) is 1. The molecule has 4 rings (SSSR count). The molecule has 0 radical (unpaired) electrons. The highest BCUT2D eigenvalue weighted by atomic mass is 35.5. The van der Waals surface area contributed by atoms with Crippen molar-refractivity contribution >= 4 is 29.0 Å². The Hall–Kier alpha value is -2.67. The third-order valence-electron chi connectivity index (χ3n) is 5.98. The fourth-order valence-corrected chi connectivity index (χ4v) is 4.41. The average molecular weight is 427 g/mol. The zero-order valence-corrected chi connectivity index (χ0v) is 18.4. The summed E-state index contributed by atoms with van der Waals surface area (Å²) in [5.74, 6) is 1.12. The number of anilines is 1. The van der Waals surface area contributed by atoms with E-state index in [-0.39, 0.29) is 5.91 Å². The average Bonchev–Trinajstić information content (AvgIpc) is 3.37. The largest absolute Gasteiger partial charge is 0.371 e. The molecule has 1 amide bonds. The van der Waals surface area contributed by atoms with Crippen LogP contribution in [0.5, 0.6) is 0 Å². The van der Waals surface area contributed by atoms with Crippen molar-refractivity contribution in [1.82, 2.24) is 24.9 Å². The van der Waals surface area contributed by atoms with E-state index in [0.717, 1.165) is 41.5 Å². The summed E-state index contributed by atoms with van der Waals surface area (Å²) < 4.78 is 1.73. The molecule has 1 aliphatic rings. The number of fused-ring (bicyclic) bond motifs is 1. The Labute approximate surface area is 181 Å². The number of nitrogens with zero attached hydrogens (tertiary/aromatic N) is 5. The Kier molecular flexibility index (Phi) is 5.90. The van der Waals surface area contributed by atoms with E-state index in [2.05, 4.69) is 38.3 Å². The molecule has 1 N–H and O–H groups in total. The number of halogens is 1. The first-order chi connectivity index (χ1) is 14.4. The van der Waals surface area contributed by atoms with Gasteiger partial charge in [0.05, 0.1) is 0 Å². The number of benzene rings is 1. The highest BCUT2D eigenvalue weighted by Crippen LogP contribution is 2.29. The molecule has 0 bridgehead atoms. The summed E-state index contributed by atoms with van der Waals surface area (Å²) in [4.78, 5) is 23.4. The molecule has 0 aliphatic carbocycles. The fraction of sp³-hybridized carbons (Fsp3) is 0.455. The number of amides is 1. The minimum Gasteiger partial charge on any atom is -0.371 e. The van der Waals surface area contributed by atoms with Gasteiger partial charge in [0.1, 0.15) is 6.33 Å². The van der Waals surface area contributed by atoms with E-state index < -0.39 is 0 Å². The second kappa shape index (κ2) is 8.60. The van der Waals surface area contributed by atoms with Gasteiger partial charge in [0.25, 0.3) is 5.78 Å². The lowest BCUT2D eigenvalue weighted by Crippen LogP contribution is -2.31. The van der Waals surface area contributed by atoms with Gasteiger partial charge in [-0.15, -0.1) is 0 Å². The zero-order chi connectivity index (χ0) is 21.3. The van der Waals surface area contributed by atoms with Gasteiger partial charge in [-0.3, -0.25) is 4.79 Å². The van der Waals surface area contributed by atoms with E-state index >= 15 is 0 Å². The molecule has 2 aromatic heterocycles. The molecule has 0 saturated carbocycles. The summed E-state index contributed by atoms with van der Waals surface area (Å²) in [6.07, 6.45) is 3.65. The van der Waals surface area contributed by atoms with Crippen molar-refractivity contribution in [2.75, 3.05) is 24.5 Å². The Morgan fingerprint density at radius 3 is 2.97 bits per heavy atom. The van der Waals surface area contributed by atoms with Gasteiger partial charge in [0, 0.05) is 48.2 Å².